The molecule has 2 amide bonds. The van der Waals surface area contributed by atoms with Gasteiger partial charge in [0.25, 0.3) is 11.8 Å². The van der Waals surface area contributed by atoms with Gasteiger partial charge in [-0.25, -0.2) is 4.79 Å². The molecule has 29 heavy (non-hydrogen) atoms. The maximum absolute atomic E-state index is 12.2. The Labute approximate surface area is 176 Å². The van der Waals surface area contributed by atoms with Crippen molar-refractivity contribution in [3.8, 4) is 11.5 Å². The van der Waals surface area contributed by atoms with Gasteiger partial charge in [0.2, 0.25) is 0 Å². The Morgan fingerprint density at radius 1 is 1.10 bits per heavy atom. The summed E-state index contributed by atoms with van der Waals surface area (Å²) in [7, 11) is 1.33. The molecular formula is C19H18Cl2N2O6. The first-order chi connectivity index (χ1) is 13.8. The fraction of sp³-hybridized carbons (Fsp3) is 0.211. The number of esters is 1. The molecule has 0 aliphatic carbocycles. The van der Waals surface area contributed by atoms with Crippen molar-refractivity contribution in [3.63, 3.8) is 0 Å². The minimum absolute atomic E-state index is 0.0166. The Morgan fingerprint density at radius 2 is 1.86 bits per heavy atom. The summed E-state index contributed by atoms with van der Waals surface area (Å²) in [5, 5.41) is 3.18. The number of carbonyl (C=O) groups is 3. The number of amides is 2. The van der Waals surface area contributed by atoms with E-state index in [-0.39, 0.29) is 28.6 Å². The molecule has 0 aromatic heterocycles. The summed E-state index contributed by atoms with van der Waals surface area (Å²) in [5.41, 5.74) is 5.88. The fourth-order valence-corrected chi connectivity index (χ4v) is 2.71. The Hall–Kier alpha value is -2.97. The average Bonchev–Trinajstić information content (AvgIpc) is 2.68. The van der Waals surface area contributed by atoms with Crippen molar-refractivity contribution in [3.05, 3.63) is 57.6 Å². The summed E-state index contributed by atoms with van der Waals surface area (Å²) >= 11 is 12.0. The maximum atomic E-state index is 12.2. The number of benzene rings is 2. The number of methoxy groups -OCH3 is 1. The van der Waals surface area contributed by atoms with Crippen LogP contribution in [0.1, 0.15) is 15.9 Å². The molecule has 10 heteroatoms. The summed E-state index contributed by atoms with van der Waals surface area (Å²) in [4.78, 5) is 35.0. The molecule has 0 saturated carbocycles. The van der Waals surface area contributed by atoms with E-state index in [0.717, 1.165) is 5.56 Å². The number of hydrogen-bond donors (Lipinski definition) is 2. The van der Waals surface area contributed by atoms with Crippen molar-refractivity contribution in [2.45, 2.75) is 6.54 Å². The molecule has 3 N–H and O–H groups in total. The lowest BCUT2D eigenvalue weighted by Gasteiger charge is -2.13. The molecule has 154 valence electrons. The van der Waals surface area contributed by atoms with Gasteiger partial charge in [0.1, 0.15) is 0 Å². The highest BCUT2D eigenvalue weighted by molar-refractivity contribution is 6.32. The summed E-state index contributed by atoms with van der Waals surface area (Å²) in [6.07, 6.45) is 0. The Kier molecular flexibility index (Phi) is 8.11. The standard InChI is InChI=1S/C19H18Cl2N2O6/c1-27-15-7-12(6-14(21)18(15)28-9-16(22)24)19(26)29-10-17(25)23-8-11-3-2-4-13(20)5-11/h2-7H,8-10H2,1H3,(H2,22,24)(H,23,25). The van der Waals surface area contributed by atoms with Gasteiger partial charge in [0, 0.05) is 11.6 Å². The molecule has 0 atom stereocenters. The van der Waals surface area contributed by atoms with Gasteiger partial charge in [-0.3, -0.25) is 9.59 Å². The van der Waals surface area contributed by atoms with E-state index in [4.69, 9.17) is 43.1 Å². The van der Waals surface area contributed by atoms with Crippen LogP contribution in [-0.2, 0) is 20.9 Å². The number of halogens is 2. The third kappa shape index (κ3) is 6.85. The zero-order chi connectivity index (χ0) is 21.4. The normalized spacial score (nSPS) is 10.2. The first-order valence-corrected chi connectivity index (χ1v) is 9.02. The van der Waals surface area contributed by atoms with E-state index in [9.17, 15) is 14.4 Å². The number of nitrogens with one attached hydrogen (secondary N) is 1. The van der Waals surface area contributed by atoms with Crippen LogP contribution < -0.4 is 20.5 Å². The zero-order valence-electron chi connectivity index (χ0n) is 15.4. The summed E-state index contributed by atoms with van der Waals surface area (Å²) < 4.78 is 15.3. The van der Waals surface area contributed by atoms with Gasteiger partial charge in [-0.2, -0.15) is 0 Å². The number of ether oxygens (including phenoxy) is 3. The minimum Gasteiger partial charge on any atom is -0.493 e. The quantitative estimate of drug-likeness (QED) is 0.577. The first kappa shape index (κ1) is 22.3. The minimum atomic E-state index is -0.787. The number of hydrogen-bond acceptors (Lipinski definition) is 6. The van der Waals surface area contributed by atoms with Crippen molar-refractivity contribution >= 4 is 41.0 Å². The van der Waals surface area contributed by atoms with Gasteiger partial charge in [0.05, 0.1) is 17.7 Å². The molecule has 2 rings (SSSR count). The highest BCUT2D eigenvalue weighted by Crippen LogP contribution is 2.36. The topological polar surface area (TPSA) is 117 Å². The lowest BCUT2D eigenvalue weighted by Crippen LogP contribution is -2.28. The second-order valence-electron chi connectivity index (χ2n) is 5.73. The molecule has 8 nitrogen and oxygen atoms in total. The Morgan fingerprint density at radius 3 is 2.52 bits per heavy atom. The second kappa shape index (κ2) is 10.5. The van der Waals surface area contributed by atoms with Crippen molar-refractivity contribution in [1.29, 1.82) is 0 Å². The maximum Gasteiger partial charge on any atom is 0.338 e. The highest BCUT2D eigenvalue weighted by Gasteiger charge is 2.18. The Balaban J connectivity index is 1.94. The molecule has 0 aliphatic rings. The number of primary amides is 1. The number of carbonyl (C=O) groups excluding carboxylic acids is 3. The van der Waals surface area contributed by atoms with Crippen LogP contribution >= 0.6 is 23.2 Å². The zero-order valence-corrected chi connectivity index (χ0v) is 16.9. The van der Waals surface area contributed by atoms with Gasteiger partial charge < -0.3 is 25.3 Å². The van der Waals surface area contributed by atoms with Crippen LogP contribution in [0.2, 0.25) is 10.0 Å². The van der Waals surface area contributed by atoms with E-state index in [0.29, 0.717) is 5.02 Å². The number of nitrogens with two attached hydrogens (primary N) is 1. The van der Waals surface area contributed by atoms with Crippen molar-refractivity contribution in [2.75, 3.05) is 20.3 Å². The van der Waals surface area contributed by atoms with Crippen LogP contribution in [0.15, 0.2) is 36.4 Å². The van der Waals surface area contributed by atoms with E-state index in [1.807, 2.05) is 0 Å². The van der Waals surface area contributed by atoms with E-state index >= 15 is 0 Å². The van der Waals surface area contributed by atoms with Gasteiger partial charge >= 0.3 is 5.97 Å². The van der Waals surface area contributed by atoms with Crippen LogP contribution in [0.25, 0.3) is 0 Å². The molecule has 0 saturated heterocycles. The smallest absolute Gasteiger partial charge is 0.338 e. The van der Waals surface area contributed by atoms with Gasteiger partial charge in [-0.1, -0.05) is 35.3 Å². The molecule has 0 aliphatic heterocycles. The summed E-state index contributed by atoms with van der Waals surface area (Å²) in [6.45, 7) is -0.658. The van der Waals surface area contributed by atoms with Crippen LogP contribution in [-0.4, -0.2) is 38.1 Å². The molecule has 2 aromatic rings. The first-order valence-electron chi connectivity index (χ1n) is 8.27. The average molecular weight is 441 g/mol. The van der Waals surface area contributed by atoms with Crippen LogP contribution in [0, 0.1) is 0 Å². The van der Waals surface area contributed by atoms with Crippen molar-refractivity contribution in [2.24, 2.45) is 5.73 Å². The SMILES string of the molecule is COc1cc(C(=O)OCC(=O)NCc2cccc(Cl)c2)cc(Cl)c1OCC(N)=O. The molecular weight excluding hydrogens is 423 g/mol. The van der Waals surface area contributed by atoms with E-state index < -0.39 is 31.0 Å². The lowest BCUT2D eigenvalue weighted by molar-refractivity contribution is -0.124. The second-order valence-corrected chi connectivity index (χ2v) is 6.57. The number of rotatable bonds is 9. The molecule has 0 radical (unpaired) electrons. The van der Waals surface area contributed by atoms with Gasteiger partial charge in [0.15, 0.2) is 24.7 Å². The summed E-state index contributed by atoms with van der Waals surface area (Å²) in [5.74, 6) is -1.81. The molecule has 0 fully saturated rings. The van der Waals surface area contributed by atoms with Crippen LogP contribution in [0.5, 0.6) is 11.5 Å². The molecule has 2 aromatic carbocycles. The monoisotopic (exact) mass is 440 g/mol. The highest BCUT2D eigenvalue weighted by atomic mass is 35.5. The van der Waals surface area contributed by atoms with Gasteiger partial charge in [-0.05, 0) is 29.8 Å². The largest absolute Gasteiger partial charge is 0.493 e. The molecule has 0 unspecified atom stereocenters. The van der Waals surface area contributed by atoms with E-state index in [1.54, 1.807) is 24.3 Å². The molecule has 0 bridgehead atoms. The van der Waals surface area contributed by atoms with Crippen molar-refractivity contribution in [1.82, 2.24) is 5.32 Å². The lowest BCUT2D eigenvalue weighted by atomic mass is 10.2. The molecule has 0 spiro atoms. The van der Waals surface area contributed by atoms with Crippen molar-refractivity contribution < 1.29 is 28.6 Å². The predicted octanol–water partition coefficient (Wildman–Crippen LogP) is 2.34. The predicted molar refractivity (Wildman–Crippen MR) is 106 cm³/mol. The third-order valence-corrected chi connectivity index (χ3v) is 4.05. The fourth-order valence-electron chi connectivity index (χ4n) is 2.23. The van der Waals surface area contributed by atoms with Crippen LogP contribution in [0.4, 0.5) is 0 Å². The molecule has 0 heterocycles. The van der Waals surface area contributed by atoms with E-state index in [1.165, 1.54) is 19.2 Å². The Bertz CT molecular complexity index is 920. The summed E-state index contributed by atoms with van der Waals surface area (Å²) in [6, 6.07) is 9.58. The van der Waals surface area contributed by atoms with E-state index in [2.05, 4.69) is 5.32 Å². The van der Waals surface area contributed by atoms with Crippen LogP contribution in [0.3, 0.4) is 0 Å². The third-order valence-electron chi connectivity index (χ3n) is 3.54. The van der Waals surface area contributed by atoms with Gasteiger partial charge in [-0.15, -0.1) is 0 Å².